The maximum absolute atomic E-state index is 13.5. The van der Waals surface area contributed by atoms with E-state index in [0.717, 1.165) is 23.3 Å². The number of esters is 1. The zero-order valence-corrected chi connectivity index (χ0v) is 20.3. The number of alkyl halides is 3. The van der Waals surface area contributed by atoms with Gasteiger partial charge in [0.25, 0.3) is 0 Å². The Morgan fingerprint density at radius 3 is 2.17 bits per heavy atom. The number of benzene rings is 3. The number of halogens is 3. The molecular weight excluding hydrogens is 479 g/mol. The highest BCUT2D eigenvalue weighted by Crippen LogP contribution is 2.43. The smallest absolute Gasteiger partial charge is 0.471 e. The van der Waals surface area contributed by atoms with E-state index in [1.54, 1.807) is 25.3 Å². The minimum atomic E-state index is -5.12. The molecule has 0 radical (unpaired) electrons. The number of carbonyl (C=O) groups excluding carboxylic acids is 2. The number of ether oxygens (including phenoxy) is 4. The standard InChI is InChI=1S/C26H26F3NO6/c1-33-17-7-6-15-10-16(19-12-21(34-2)22(35-3)13-20(19)18(15)11-17)14-25(24(32)36-4)8-5-9-30(25)23(31)26(27,28)29/h6-7,10-13H,5,8-9,14H2,1-4H3. The minimum Gasteiger partial charge on any atom is -0.497 e. The van der Waals surface area contributed by atoms with Crippen LogP contribution < -0.4 is 14.2 Å². The third-order valence-corrected chi connectivity index (χ3v) is 6.77. The molecular formula is C26H26F3NO6. The molecule has 1 aliphatic rings. The van der Waals surface area contributed by atoms with Gasteiger partial charge in [-0.15, -0.1) is 0 Å². The molecule has 1 fully saturated rings. The fourth-order valence-electron chi connectivity index (χ4n) is 5.10. The number of fused-ring (bicyclic) bond motifs is 3. The van der Waals surface area contributed by atoms with Gasteiger partial charge in [-0.3, -0.25) is 4.79 Å². The molecule has 1 heterocycles. The molecule has 0 aromatic heterocycles. The first-order valence-corrected chi connectivity index (χ1v) is 11.2. The Morgan fingerprint density at radius 1 is 0.917 bits per heavy atom. The second-order valence-corrected chi connectivity index (χ2v) is 8.63. The Morgan fingerprint density at radius 2 is 1.58 bits per heavy atom. The summed E-state index contributed by atoms with van der Waals surface area (Å²) in [6.45, 7) is -0.201. The van der Waals surface area contributed by atoms with Crippen LogP contribution in [-0.2, 0) is 20.7 Å². The average molecular weight is 505 g/mol. The van der Waals surface area contributed by atoms with Gasteiger partial charge in [0.05, 0.1) is 28.4 Å². The lowest BCUT2D eigenvalue weighted by Crippen LogP contribution is -2.58. The quantitative estimate of drug-likeness (QED) is 0.359. The third-order valence-electron chi connectivity index (χ3n) is 6.77. The molecule has 0 saturated carbocycles. The molecule has 1 unspecified atom stereocenters. The second-order valence-electron chi connectivity index (χ2n) is 8.63. The van der Waals surface area contributed by atoms with Gasteiger partial charge in [0.1, 0.15) is 11.3 Å². The van der Waals surface area contributed by atoms with Crippen LogP contribution >= 0.6 is 0 Å². The largest absolute Gasteiger partial charge is 0.497 e. The molecule has 3 aromatic rings. The summed E-state index contributed by atoms with van der Waals surface area (Å²) in [6, 6.07) is 10.7. The maximum atomic E-state index is 13.5. The third kappa shape index (κ3) is 4.14. The highest BCUT2D eigenvalue weighted by Gasteiger charge is 2.56. The number of rotatable bonds is 6. The molecule has 0 bridgehead atoms. The highest BCUT2D eigenvalue weighted by atomic mass is 19.4. The molecule has 1 atom stereocenters. The summed E-state index contributed by atoms with van der Waals surface area (Å²) < 4.78 is 61.7. The van der Waals surface area contributed by atoms with Crippen molar-refractivity contribution in [2.45, 2.75) is 31.0 Å². The van der Waals surface area contributed by atoms with Crippen LogP contribution in [-0.4, -0.2) is 63.5 Å². The van der Waals surface area contributed by atoms with E-state index in [2.05, 4.69) is 0 Å². The van der Waals surface area contributed by atoms with E-state index in [1.165, 1.54) is 14.2 Å². The molecule has 1 saturated heterocycles. The van der Waals surface area contributed by atoms with E-state index < -0.39 is 23.6 Å². The van der Waals surface area contributed by atoms with Crippen molar-refractivity contribution in [2.75, 3.05) is 35.0 Å². The van der Waals surface area contributed by atoms with Crippen molar-refractivity contribution in [3.8, 4) is 17.2 Å². The summed E-state index contributed by atoms with van der Waals surface area (Å²) in [6.07, 6.45) is -5.02. The van der Waals surface area contributed by atoms with Crippen molar-refractivity contribution in [3.63, 3.8) is 0 Å². The van der Waals surface area contributed by atoms with Crippen LogP contribution in [0.4, 0.5) is 13.2 Å². The number of methoxy groups -OCH3 is 4. The van der Waals surface area contributed by atoms with Crippen molar-refractivity contribution in [3.05, 3.63) is 42.0 Å². The minimum absolute atomic E-state index is 0.0386. The summed E-state index contributed by atoms with van der Waals surface area (Å²) in [5.41, 5.74) is -1.24. The zero-order valence-electron chi connectivity index (χ0n) is 20.3. The van der Waals surface area contributed by atoms with Crippen LogP contribution in [0, 0.1) is 0 Å². The monoisotopic (exact) mass is 505 g/mol. The fraction of sp³-hybridized carbons (Fsp3) is 0.385. The van der Waals surface area contributed by atoms with Crippen molar-refractivity contribution in [2.24, 2.45) is 0 Å². The Bertz CT molecular complexity index is 1340. The van der Waals surface area contributed by atoms with Gasteiger partial charge in [-0.1, -0.05) is 12.1 Å². The molecule has 4 rings (SSSR count). The van der Waals surface area contributed by atoms with Crippen LogP contribution in [0.5, 0.6) is 17.2 Å². The van der Waals surface area contributed by atoms with Gasteiger partial charge in [0.2, 0.25) is 0 Å². The summed E-state index contributed by atoms with van der Waals surface area (Å²) in [7, 11) is 5.64. The molecule has 36 heavy (non-hydrogen) atoms. The molecule has 3 aromatic carbocycles. The van der Waals surface area contributed by atoms with Crippen molar-refractivity contribution in [1.82, 2.24) is 4.90 Å². The number of likely N-dealkylation sites (tertiary alicyclic amines) is 1. The van der Waals surface area contributed by atoms with Gasteiger partial charge < -0.3 is 23.8 Å². The van der Waals surface area contributed by atoms with E-state index in [0.29, 0.717) is 33.1 Å². The average Bonchev–Trinajstić information content (AvgIpc) is 3.30. The normalized spacial score (nSPS) is 17.9. The van der Waals surface area contributed by atoms with Crippen LogP contribution in [0.2, 0.25) is 0 Å². The first-order chi connectivity index (χ1) is 17.1. The van der Waals surface area contributed by atoms with Crippen molar-refractivity contribution >= 4 is 33.4 Å². The second kappa shape index (κ2) is 9.40. The van der Waals surface area contributed by atoms with E-state index in [4.69, 9.17) is 18.9 Å². The number of hydrogen-bond acceptors (Lipinski definition) is 6. The first-order valence-electron chi connectivity index (χ1n) is 11.2. The predicted octanol–water partition coefficient (Wildman–Crippen LogP) is 4.66. The Labute approximate surface area is 205 Å². The van der Waals surface area contributed by atoms with Gasteiger partial charge in [-0.05, 0) is 64.2 Å². The van der Waals surface area contributed by atoms with Crippen LogP contribution in [0.3, 0.4) is 0 Å². The molecule has 1 aliphatic heterocycles. The molecule has 0 aliphatic carbocycles. The number of amides is 1. The number of carbonyl (C=O) groups is 2. The number of nitrogens with zero attached hydrogens (tertiary/aromatic N) is 1. The van der Waals surface area contributed by atoms with Crippen LogP contribution in [0.15, 0.2) is 36.4 Å². The Kier molecular flexibility index (Phi) is 6.64. The van der Waals surface area contributed by atoms with Gasteiger partial charge in [-0.2, -0.15) is 13.2 Å². The number of hydrogen-bond donors (Lipinski definition) is 0. The van der Waals surface area contributed by atoms with Gasteiger partial charge in [-0.25, -0.2) is 4.79 Å². The predicted molar refractivity (Wildman–Crippen MR) is 127 cm³/mol. The lowest BCUT2D eigenvalue weighted by Gasteiger charge is -2.36. The molecule has 192 valence electrons. The summed E-state index contributed by atoms with van der Waals surface area (Å²) in [4.78, 5) is 26.0. The Hall–Kier alpha value is -3.69. The molecule has 0 spiro atoms. The SMILES string of the molecule is COC(=O)C1(Cc2cc3ccc(OC)cc3c3cc(OC)c(OC)cc23)CCCN1C(=O)C(F)(F)F. The van der Waals surface area contributed by atoms with E-state index in [9.17, 15) is 22.8 Å². The first kappa shape index (κ1) is 25.4. The Balaban J connectivity index is 1.99. The molecule has 10 heteroatoms. The van der Waals surface area contributed by atoms with Crippen molar-refractivity contribution < 1.29 is 41.7 Å². The fourth-order valence-corrected chi connectivity index (χ4v) is 5.10. The topological polar surface area (TPSA) is 74.3 Å². The van der Waals surface area contributed by atoms with Gasteiger partial charge in [0.15, 0.2) is 11.5 Å². The maximum Gasteiger partial charge on any atom is 0.471 e. The van der Waals surface area contributed by atoms with Crippen molar-refractivity contribution in [1.29, 1.82) is 0 Å². The summed E-state index contributed by atoms with van der Waals surface area (Å²) >= 11 is 0. The lowest BCUT2D eigenvalue weighted by molar-refractivity contribution is -0.193. The van der Waals surface area contributed by atoms with Crippen LogP contribution in [0.1, 0.15) is 18.4 Å². The highest BCUT2D eigenvalue weighted by molar-refractivity contribution is 6.11. The summed E-state index contributed by atoms with van der Waals surface area (Å²) in [5.74, 6) is -1.45. The summed E-state index contributed by atoms with van der Waals surface area (Å²) in [5, 5.41) is 2.96. The van der Waals surface area contributed by atoms with Crippen LogP contribution in [0.25, 0.3) is 21.5 Å². The van der Waals surface area contributed by atoms with E-state index in [-0.39, 0.29) is 25.8 Å². The molecule has 1 amide bonds. The molecule has 7 nitrogen and oxygen atoms in total. The van der Waals surface area contributed by atoms with E-state index in [1.807, 2.05) is 18.2 Å². The van der Waals surface area contributed by atoms with E-state index >= 15 is 0 Å². The van der Waals surface area contributed by atoms with Gasteiger partial charge in [0, 0.05) is 13.0 Å². The zero-order chi connectivity index (χ0) is 26.3. The van der Waals surface area contributed by atoms with Gasteiger partial charge >= 0.3 is 18.1 Å². The molecule has 0 N–H and O–H groups in total. The lowest BCUT2D eigenvalue weighted by atomic mass is 9.84.